The molecule has 2 aliphatic heterocycles. The standard InChI is InChI=1S/C14H26N4O/c15-13(19)14(16,11-4-5-11)10-17-6-2-8-18-7-1-3-12(18)9-17/h11-12H,1-10,16H2,(H2,15,19). The van der Waals surface area contributed by atoms with Gasteiger partial charge in [-0.2, -0.15) is 0 Å². The fraction of sp³-hybridized carbons (Fsp3) is 0.929. The van der Waals surface area contributed by atoms with Crippen LogP contribution in [0.25, 0.3) is 0 Å². The second kappa shape index (κ2) is 5.04. The average Bonchev–Trinajstić information content (AvgIpc) is 3.15. The molecule has 4 N–H and O–H groups in total. The van der Waals surface area contributed by atoms with Gasteiger partial charge >= 0.3 is 0 Å². The third kappa shape index (κ3) is 2.64. The minimum Gasteiger partial charge on any atom is -0.368 e. The Labute approximate surface area is 115 Å². The Balaban J connectivity index is 1.66. The molecule has 3 fully saturated rings. The molecule has 2 heterocycles. The first-order chi connectivity index (χ1) is 9.09. The number of hydrogen-bond donors (Lipinski definition) is 2. The van der Waals surface area contributed by atoms with Crippen LogP contribution in [-0.2, 0) is 4.79 Å². The number of nitrogens with zero attached hydrogens (tertiary/aromatic N) is 2. The maximum Gasteiger partial charge on any atom is 0.239 e. The molecule has 5 nitrogen and oxygen atoms in total. The van der Waals surface area contributed by atoms with Crippen LogP contribution in [0.5, 0.6) is 0 Å². The number of amides is 1. The minimum atomic E-state index is -0.798. The summed E-state index contributed by atoms with van der Waals surface area (Å²) in [6.07, 6.45) is 5.89. The van der Waals surface area contributed by atoms with Crippen LogP contribution in [0.1, 0.15) is 32.1 Å². The molecule has 0 aromatic rings. The second-order valence-corrected chi connectivity index (χ2v) is 6.60. The van der Waals surface area contributed by atoms with Crippen molar-refractivity contribution >= 4 is 5.91 Å². The molecule has 0 radical (unpaired) electrons. The van der Waals surface area contributed by atoms with E-state index in [1.165, 1.54) is 32.4 Å². The smallest absolute Gasteiger partial charge is 0.239 e. The van der Waals surface area contributed by atoms with Crippen LogP contribution < -0.4 is 11.5 Å². The first kappa shape index (κ1) is 13.3. The summed E-state index contributed by atoms with van der Waals surface area (Å²) in [7, 11) is 0. The van der Waals surface area contributed by atoms with Gasteiger partial charge in [0.05, 0.1) is 0 Å². The van der Waals surface area contributed by atoms with Crippen LogP contribution in [0.3, 0.4) is 0 Å². The highest BCUT2D eigenvalue weighted by Crippen LogP contribution is 2.39. The Morgan fingerprint density at radius 1 is 1.16 bits per heavy atom. The second-order valence-electron chi connectivity index (χ2n) is 6.60. The van der Waals surface area contributed by atoms with Crippen LogP contribution in [0, 0.1) is 5.92 Å². The molecule has 1 saturated carbocycles. The number of carbonyl (C=O) groups excluding carboxylic acids is 1. The Morgan fingerprint density at radius 3 is 2.58 bits per heavy atom. The quantitative estimate of drug-likeness (QED) is 0.736. The van der Waals surface area contributed by atoms with Crippen molar-refractivity contribution in [2.75, 3.05) is 32.7 Å². The van der Waals surface area contributed by atoms with Crippen LogP contribution in [0.2, 0.25) is 0 Å². The van der Waals surface area contributed by atoms with Gasteiger partial charge < -0.3 is 11.5 Å². The molecule has 3 rings (SSSR count). The van der Waals surface area contributed by atoms with E-state index < -0.39 is 5.54 Å². The summed E-state index contributed by atoms with van der Waals surface area (Å²) in [5.41, 5.74) is 11.1. The van der Waals surface area contributed by atoms with Gasteiger partial charge in [0.1, 0.15) is 5.54 Å². The Bertz CT molecular complexity index is 357. The lowest BCUT2D eigenvalue weighted by Gasteiger charge is -2.34. The number of nitrogens with two attached hydrogens (primary N) is 2. The fourth-order valence-corrected chi connectivity index (χ4v) is 3.80. The first-order valence-corrected chi connectivity index (χ1v) is 7.65. The third-order valence-corrected chi connectivity index (χ3v) is 5.14. The van der Waals surface area contributed by atoms with Crippen LogP contribution in [0.4, 0.5) is 0 Å². The molecular formula is C14H26N4O. The summed E-state index contributed by atoms with van der Waals surface area (Å²) in [6, 6.07) is 0.666. The lowest BCUT2D eigenvalue weighted by Crippen LogP contribution is -2.61. The van der Waals surface area contributed by atoms with E-state index in [2.05, 4.69) is 9.80 Å². The molecule has 108 valence electrons. The van der Waals surface area contributed by atoms with Crippen molar-refractivity contribution in [3.63, 3.8) is 0 Å². The highest BCUT2D eigenvalue weighted by molar-refractivity contribution is 5.85. The first-order valence-electron chi connectivity index (χ1n) is 7.65. The number of rotatable bonds is 4. The zero-order valence-electron chi connectivity index (χ0n) is 11.7. The summed E-state index contributed by atoms with van der Waals surface area (Å²) >= 11 is 0. The maximum atomic E-state index is 11.8. The van der Waals surface area contributed by atoms with E-state index in [0.717, 1.165) is 25.9 Å². The number of hydrogen-bond acceptors (Lipinski definition) is 4. The minimum absolute atomic E-state index is 0.313. The Hall–Kier alpha value is -0.650. The van der Waals surface area contributed by atoms with E-state index in [0.29, 0.717) is 18.5 Å². The molecule has 0 spiro atoms. The molecule has 1 aliphatic carbocycles. The molecule has 2 atom stereocenters. The molecule has 0 aromatic heterocycles. The van der Waals surface area contributed by atoms with Crippen molar-refractivity contribution in [3.05, 3.63) is 0 Å². The summed E-state index contributed by atoms with van der Waals surface area (Å²) in [4.78, 5) is 16.7. The predicted octanol–water partition coefficient (Wildman–Crippen LogP) is -0.251. The zero-order chi connectivity index (χ0) is 13.5. The van der Waals surface area contributed by atoms with Crippen LogP contribution in [0.15, 0.2) is 0 Å². The molecule has 0 bridgehead atoms. The fourth-order valence-electron chi connectivity index (χ4n) is 3.80. The van der Waals surface area contributed by atoms with Crippen LogP contribution in [-0.4, -0.2) is 60.0 Å². The van der Waals surface area contributed by atoms with Gasteiger partial charge in [0.2, 0.25) is 5.91 Å². The van der Waals surface area contributed by atoms with E-state index in [1.807, 2.05) is 0 Å². The summed E-state index contributed by atoms with van der Waals surface area (Å²) in [5.74, 6) is -0.00420. The summed E-state index contributed by atoms with van der Waals surface area (Å²) < 4.78 is 0. The zero-order valence-corrected chi connectivity index (χ0v) is 11.7. The van der Waals surface area contributed by atoms with E-state index >= 15 is 0 Å². The van der Waals surface area contributed by atoms with Crippen LogP contribution >= 0.6 is 0 Å². The summed E-state index contributed by atoms with van der Waals surface area (Å²) in [5, 5.41) is 0. The number of fused-ring (bicyclic) bond motifs is 1. The highest BCUT2D eigenvalue weighted by Gasteiger charge is 2.48. The van der Waals surface area contributed by atoms with E-state index in [9.17, 15) is 4.79 Å². The number of carbonyl (C=O) groups is 1. The lowest BCUT2D eigenvalue weighted by molar-refractivity contribution is -0.124. The van der Waals surface area contributed by atoms with Crippen molar-refractivity contribution in [3.8, 4) is 0 Å². The highest BCUT2D eigenvalue weighted by atomic mass is 16.1. The van der Waals surface area contributed by atoms with E-state index in [4.69, 9.17) is 11.5 Å². The molecule has 2 saturated heterocycles. The van der Waals surface area contributed by atoms with Gasteiger partial charge in [-0.25, -0.2) is 0 Å². The molecule has 19 heavy (non-hydrogen) atoms. The SMILES string of the molecule is NC(=O)C(N)(CN1CCCN2CCCC2C1)C1CC1. The maximum absolute atomic E-state index is 11.8. The summed E-state index contributed by atoms with van der Waals surface area (Å²) in [6.45, 7) is 5.19. The third-order valence-electron chi connectivity index (χ3n) is 5.14. The van der Waals surface area contributed by atoms with Crippen molar-refractivity contribution in [1.29, 1.82) is 0 Å². The Kier molecular flexibility index (Phi) is 3.53. The topological polar surface area (TPSA) is 75.6 Å². The van der Waals surface area contributed by atoms with Gasteiger partial charge in [-0.3, -0.25) is 14.6 Å². The van der Waals surface area contributed by atoms with Crippen molar-refractivity contribution in [2.45, 2.75) is 43.7 Å². The van der Waals surface area contributed by atoms with Gasteiger partial charge in [-0.1, -0.05) is 0 Å². The lowest BCUT2D eigenvalue weighted by atomic mass is 9.92. The average molecular weight is 266 g/mol. The monoisotopic (exact) mass is 266 g/mol. The Morgan fingerprint density at radius 2 is 1.89 bits per heavy atom. The molecule has 3 aliphatic rings. The molecule has 0 aromatic carbocycles. The van der Waals surface area contributed by atoms with Gasteiger partial charge in [0, 0.05) is 19.1 Å². The predicted molar refractivity (Wildman–Crippen MR) is 74.5 cm³/mol. The number of primary amides is 1. The van der Waals surface area contributed by atoms with Crippen molar-refractivity contribution < 1.29 is 4.79 Å². The molecular weight excluding hydrogens is 240 g/mol. The van der Waals surface area contributed by atoms with Gasteiger partial charge in [0.25, 0.3) is 0 Å². The van der Waals surface area contributed by atoms with Crippen molar-refractivity contribution in [2.24, 2.45) is 17.4 Å². The van der Waals surface area contributed by atoms with Crippen molar-refractivity contribution in [1.82, 2.24) is 9.80 Å². The molecule has 5 heteroatoms. The van der Waals surface area contributed by atoms with Gasteiger partial charge in [0.15, 0.2) is 0 Å². The van der Waals surface area contributed by atoms with E-state index in [1.54, 1.807) is 0 Å². The van der Waals surface area contributed by atoms with E-state index in [-0.39, 0.29) is 5.91 Å². The molecule has 1 amide bonds. The molecule has 2 unspecified atom stereocenters. The van der Waals surface area contributed by atoms with Gasteiger partial charge in [-0.15, -0.1) is 0 Å². The largest absolute Gasteiger partial charge is 0.368 e. The van der Waals surface area contributed by atoms with Gasteiger partial charge in [-0.05, 0) is 57.7 Å². The normalized spacial score (nSPS) is 32.6.